The van der Waals surface area contributed by atoms with Crippen LogP contribution < -0.4 is 11.1 Å². The number of carboxylic acid groups (broad SMARTS) is 1. The Morgan fingerprint density at radius 3 is 2.78 bits per heavy atom. The van der Waals surface area contributed by atoms with Crippen LogP contribution in [0, 0.1) is 0 Å². The van der Waals surface area contributed by atoms with Crippen LogP contribution in [-0.2, 0) is 25.2 Å². The lowest BCUT2D eigenvalue weighted by Gasteiger charge is -2.48. The quantitative estimate of drug-likeness (QED) is 0.203. The van der Waals surface area contributed by atoms with E-state index in [0.29, 0.717) is 0 Å². The number of carbonyl (C=O) groups excluding carboxylic acids is 2. The average Bonchev–Trinajstić information content (AvgIpc) is 3.05. The summed E-state index contributed by atoms with van der Waals surface area (Å²) >= 11 is 1.02. The van der Waals surface area contributed by atoms with Gasteiger partial charge in [-0.1, -0.05) is 17.8 Å². The van der Waals surface area contributed by atoms with E-state index in [2.05, 4.69) is 22.0 Å². The van der Waals surface area contributed by atoms with Gasteiger partial charge in [-0.05, 0) is 5.57 Å². The number of aliphatic carboxylic acids is 1. The number of β-lactam (4-membered cyclic amide) rings is 1. The van der Waals surface area contributed by atoms with Gasteiger partial charge in [0.2, 0.25) is 0 Å². The number of aromatic nitrogens is 1. The zero-order valence-electron chi connectivity index (χ0n) is 13.5. The number of nitrogens with one attached hydrogen (secondary N) is 1. The molecule has 3 atom stereocenters. The highest BCUT2D eigenvalue weighted by Gasteiger charge is 2.57. The standard InChI is InChI=1S/C14H13N5O6S2/c1-2-5-4-27(25)12-8(11(21)19(12)9(5)13(22)23)17-10(20)7(18-24)6-3-26-14(15)16-6/h2-3,8,12,24H,1,4H2,(H2,15,16)(H,17,20)(H,22,23)/b18-7-/t8-,12+,27?/m1/s1. The Kier molecular flexibility index (Phi) is 4.80. The smallest absolute Gasteiger partial charge is 0.352 e. The SMILES string of the molecule is C=CC1=C(C(=O)O)N2C(=O)[C@@H](NC(=O)/C(=N\O)c3csc(N)n3)[C@@H]2S(=O)C1. The van der Waals surface area contributed by atoms with Crippen molar-refractivity contribution in [3.8, 4) is 0 Å². The van der Waals surface area contributed by atoms with E-state index in [0.717, 1.165) is 16.2 Å². The molecule has 1 aromatic heterocycles. The third kappa shape index (κ3) is 3.00. The number of nitrogens with two attached hydrogens (primary N) is 1. The first-order chi connectivity index (χ1) is 12.8. The summed E-state index contributed by atoms with van der Waals surface area (Å²) in [5.74, 6) is -3.16. The van der Waals surface area contributed by atoms with Crippen LogP contribution in [0.5, 0.6) is 0 Å². The molecule has 5 N–H and O–H groups in total. The number of oxime groups is 1. The van der Waals surface area contributed by atoms with E-state index in [-0.39, 0.29) is 27.8 Å². The highest BCUT2D eigenvalue weighted by atomic mass is 32.2. The maximum atomic E-state index is 12.4. The Bertz CT molecular complexity index is 952. The molecular weight excluding hydrogens is 398 g/mol. The van der Waals surface area contributed by atoms with Gasteiger partial charge in [0.25, 0.3) is 11.8 Å². The van der Waals surface area contributed by atoms with Crippen molar-refractivity contribution in [3.05, 3.63) is 35.0 Å². The molecule has 0 radical (unpaired) electrons. The maximum absolute atomic E-state index is 12.4. The molecule has 0 bridgehead atoms. The fourth-order valence-electron chi connectivity index (χ4n) is 2.78. The first kappa shape index (κ1) is 18.7. The van der Waals surface area contributed by atoms with Gasteiger partial charge in [0, 0.05) is 5.38 Å². The summed E-state index contributed by atoms with van der Waals surface area (Å²) < 4.78 is 12.4. The summed E-state index contributed by atoms with van der Waals surface area (Å²) in [6.07, 6.45) is 1.24. The molecule has 142 valence electrons. The summed E-state index contributed by atoms with van der Waals surface area (Å²) in [6.45, 7) is 3.47. The number of hydrogen-bond donors (Lipinski definition) is 4. The Morgan fingerprint density at radius 2 is 2.26 bits per heavy atom. The third-order valence-electron chi connectivity index (χ3n) is 3.97. The average molecular weight is 411 g/mol. The monoisotopic (exact) mass is 411 g/mol. The topological polar surface area (TPSA) is 175 Å². The Labute approximate surface area is 158 Å². The molecule has 1 aromatic rings. The van der Waals surface area contributed by atoms with Gasteiger partial charge in [0.05, 0.1) is 16.6 Å². The lowest BCUT2D eigenvalue weighted by molar-refractivity contribution is -0.150. The zero-order chi connectivity index (χ0) is 19.9. The minimum Gasteiger partial charge on any atom is -0.477 e. The molecule has 0 saturated carbocycles. The molecule has 2 aliphatic heterocycles. The first-order valence-electron chi connectivity index (χ1n) is 7.33. The fourth-order valence-corrected chi connectivity index (χ4v) is 4.99. The van der Waals surface area contributed by atoms with Crippen LogP contribution in [0.4, 0.5) is 5.13 Å². The van der Waals surface area contributed by atoms with Crippen LogP contribution in [0.15, 0.2) is 34.5 Å². The zero-order valence-corrected chi connectivity index (χ0v) is 15.1. The Balaban J connectivity index is 1.84. The Hall–Kier alpha value is -3.06. The van der Waals surface area contributed by atoms with Crippen molar-refractivity contribution >= 4 is 50.8 Å². The number of hydrogen-bond acceptors (Lipinski definition) is 9. The lowest BCUT2D eigenvalue weighted by atomic mass is 10.0. The van der Waals surface area contributed by atoms with Crippen molar-refractivity contribution in [1.29, 1.82) is 0 Å². The van der Waals surface area contributed by atoms with Crippen molar-refractivity contribution < 1.29 is 28.9 Å². The van der Waals surface area contributed by atoms with Crippen LogP contribution in [0.1, 0.15) is 5.69 Å². The third-order valence-corrected chi connectivity index (χ3v) is 6.26. The van der Waals surface area contributed by atoms with Gasteiger partial charge in [-0.3, -0.25) is 18.7 Å². The summed E-state index contributed by atoms with van der Waals surface area (Å²) in [5.41, 5.74) is 4.87. The summed E-state index contributed by atoms with van der Waals surface area (Å²) in [5, 5.41) is 24.1. The highest BCUT2D eigenvalue weighted by Crippen LogP contribution is 2.35. The maximum Gasteiger partial charge on any atom is 0.352 e. The molecule has 0 aliphatic carbocycles. The minimum atomic E-state index is -1.66. The molecule has 2 aliphatic rings. The molecule has 3 rings (SSSR count). The van der Waals surface area contributed by atoms with Gasteiger partial charge in [0.1, 0.15) is 22.8 Å². The molecule has 3 heterocycles. The van der Waals surface area contributed by atoms with E-state index in [1.165, 1.54) is 11.5 Å². The number of anilines is 1. The number of nitrogen functional groups attached to an aromatic ring is 1. The number of fused-ring (bicyclic) bond motifs is 1. The summed E-state index contributed by atoms with van der Waals surface area (Å²) in [6, 6.07) is -1.23. The molecular formula is C14H13N5O6S2. The van der Waals surface area contributed by atoms with E-state index in [9.17, 15) is 23.7 Å². The second kappa shape index (κ2) is 6.92. The normalized spacial score (nSPS) is 24.9. The van der Waals surface area contributed by atoms with Crippen LogP contribution in [0.2, 0.25) is 0 Å². The number of thiazole rings is 1. The first-order valence-corrected chi connectivity index (χ1v) is 9.59. The number of nitrogens with zero attached hydrogens (tertiary/aromatic N) is 3. The number of amides is 2. The molecule has 1 unspecified atom stereocenters. The van der Waals surface area contributed by atoms with Gasteiger partial charge in [0.15, 0.2) is 10.8 Å². The van der Waals surface area contributed by atoms with Crippen molar-refractivity contribution in [1.82, 2.24) is 15.2 Å². The van der Waals surface area contributed by atoms with E-state index in [4.69, 9.17) is 10.9 Å². The predicted octanol–water partition coefficient (Wildman–Crippen LogP) is -1.16. The van der Waals surface area contributed by atoms with Crippen molar-refractivity contribution in [2.24, 2.45) is 5.16 Å². The Morgan fingerprint density at radius 1 is 1.56 bits per heavy atom. The van der Waals surface area contributed by atoms with Crippen molar-refractivity contribution in [3.63, 3.8) is 0 Å². The van der Waals surface area contributed by atoms with Gasteiger partial charge >= 0.3 is 5.97 Å². The van der Waals surface area contributed by atoms with Gasteiger partial charge in [-0.15, -0.1) is 11.3 Å². The second-order valence-electron chi connectivity index (χ2n) is 5.48. The number of rotatable bonds is 5. The van der Waals surface area contributed by atoms with Gasteiger partial charge in [-0.25, -0.2) is 9.78 Å². The summed E-state index contributed by atoms with van der Waals surface area (Å²) in [4.78, 5) is 40.9. The van der Waals surface area contributed by atoms with Gasteiger partial charge < -0.3 is 21.4 Å². The molecule has 27 heavy (non-hydrogen) atoms. The van der Waals surface area contributed by atoms with E-state index < -0.39 is 45.7 Å². The molecule has 2 amide bonds. The molecule has 1 fully saturated rings. The van der Waals surface area contributed by atoms with Crippen molar-refractivity contribution in [2.45, 2.75) is 11.4 Å². The van der Waals surface area contributed by atoms with Crippen LogP contribution in [0.25, 0.3) is 0 Å². The molecule has 1 saturated heterocycles. The molecule has 11 nitrogen and oxygen atoms in total. The molecule has 0 spiro atoms. The lowest BCUT2D eigenvalue weighted by Crippen LogP contribution is -2.74. The summed E-state index contributed by atoms with van der Waals surface area (Å²) in [7, 11) is -1.66. The minimum absolute atomic E-state index is 0.00552. The van der Waals surface area contributed by atoms with Crippen molar-refractivity contribution in [2.75, 3.05) is 11.5 Å². The molecule has 13 heteroatoms. The largest absolute Gasteiger partial charge is 0.477 e. The second-order valence-corrected chi connectivity index (χ2v) is 7.90. The highest BCUT2D eigenvalue weighted by molar-refractivity contribution is 7.86. The number of carbonyl (C=O) groups is 3. The van der Waals surface area contributed by atoms with Crippen LogP contribution >= 0.6 is 11.3 Å². The van der Waals surface area contributed by atoms with E-state index in [1.54, 1.807) is 0 Å². The fraction of sp³-hybridized carbons (Fsp3) is 0.214. The van der Waals surface area contributed by atoms with Crippen LogP contribution in [0.3, 0.4) is 0 Å². The predicted molar refractivity (Wildman–Crippen MR) is 95.3 cm³/mol. The number of allylic oxidation sites excluding steroid dienone is 1. The molecule has 0 aromatic carbocycles. The van der Waals surface area contributed by atoms with E-state index >= 15 is 0 Å². The van der Waals surface area contributed by atoms with E-state index in [1.807, 2.05) is 0 Å². The number of carboxylic acids is 1. The van der Waals surface area contributed by atoms with Crippen LogP contribution in [-0.4, -0.2) is 65.1 Å². The van der Waals surface area contributed by atoms with Gasteiger partial charge in [-0.2, -0.15) is 0 Å².